The first-order chi connectivity index (χ1) is 6.73. The highest BCUT2D eigenvalue weighted by Crippen LogP contribution is 2.33. The Morgan fingerprint density at radius 1 is 1.27 bits per heavy atom. The van der Waals surface area contributed by atoms with E-state index in [0.717, 1.165) is 0 Å². The molecule has 3 nitrogen and oxygen atoms in total. The smallest absolute Gasteiger partial charge is 0.416 e. The minimum atomic E-state index is -4.84. The molecular formula is C8H4F4O3. The van der Waals surface area contributed by atoms with Crippen molar-refractivity contribution >= 4 is 5.97 Å². The molecule has 0 heterocycles. The summed E-state index contributed by atoms with van der Waals surface area (Å²) in [5.41, 5.74) is -2.64. The van der Waals surface area contributed by atoms with E-state index in [0.29, 0.717) is 0 Å². The molecular weight excluding hydrogens is 220 g/mol. The molecule has 0 fully saturated rings. The van der Waals surface area contributed by atoms with Crippen molar-refractivity contribution in [3.63, 3.8) is 0 Å². The van der Waals surface area contributed by atoms with Gasteiger partial charge in [0.15, 0.2) is 11.6 Å². The van der Waals surface area contributed by atoms with Gasteiger partial charge < -0.3 is 10.2 Å². The second-order valence-electron chi connectivity index (χ2n) is 2.66. The van der Waals surface area contributed by atoms with Gasteiger partial charge in [0.05, 0.1) is 11.1 Å². The Kier molecular flexibility index (Phi) is 2.57. The van der Waals surface area contributed by atoms with Crippen molar-refractivity contribution in [1.29, 1.82) is 0 Å². The van der Waals surface area contributed by atoms with Crippen molar-refractivity contribution in [3.05, 3.63) is 29.1 Å². The fraction of sp³-hybridized carbons (Fsp3) is 0.125. The Bertz CT molecular complexity index is 411. The first kappa shape index (κ1) is 11.3. The number of carboxylic acids is 1. The molecule has 7 heteroatoms. The van der Waals surface area contributed by atoms with Gasteiger partial charge in [-0.25, -0.2) is 9.18 Å². The Morgan fingerprint density at radius 3 is 2.20 bits per heavy atom. The molecule has 0 aromatic heterocycles. The third-order valence-corrected chi connectivity index (χ3v) is 1.61. The average Bonchev–Trinajstić information content (AvgIpc) is 2.06. The van der Waals surface area contributed by atoms with Gasteiger partial charge >= 0.3 is 12.1 Å². The Balaban J connectivity index is 3.43. The molecule has 1 aromatic rings. The van der Waals surface area contributed by atoms with Crippen LogP contribution < -0.4 is 0 Å². The van der Waals surface area contributed by atoms with E-state index in [2.05, 4.69) is 0 Å². The van der Waals surface area contributed by atoms with Crippen LogP contribution in [0.2, 0.25) is 0 Å². The van der Waals surface area contributed by atoms with E-state index in [1.54, 1.807) is 0 Å². The van der Waals surface area contributed by atoms with E-state index in [1.165, 1.54) is 0 Å². The number of aromatic hydroxyl groups is 1. The van der Waals surface area contributed by atoms with Gasteiger partial charge in [-0.05, 0) is 12.1 Å². The lowest BCUT2D eigenvalue weighted by Gasteiger charge is -2.08. The lowest BCUT2D eigenvalue weighted by Crippen LogP contribution is -2.09. The molecule has 2 N–H and O–H groups in total. The first-order valence-corrected chi connectivity index (χ1v) is 3.56. The minimum absolute atomic E-state index is 0.122. The number of rotatable bonds is 1. The zero-order chi connectivity index (χ0) is 11.8. The average molecular weight is 224 g/mol. The summed E-state index contributed by atoms with van der Waals surface area (Å²) in [5, 5.41) is 17.1. The second kappa shape index (κ2) is 3.41. The molecule has 0 aliphatic rings. The van der Waals surface area contributed by atoms with Crippen LogP contribution in [0.1, 0.15) is 15.9 Å². The molecule has 0 aliphatic heterocycles. The Labute approximate surface area is 80.6 Å². The highest BCUT2D eigenvalue weighted by atomic mass is 19.4. The molecule has 82 valence electrons. The Hall–Kier alpha value is -1.79. The SMILES string of the molecule is O=C(O)c1cc(C(F)(F)F)cc(O)c1F. The minimum Gasteiger partial charge on any atom is -0.505 e. The van der Waals surface area contributed by atoms with Gasteiger partial charge in [-0.15, -0.1) is 0 Å². The number of benzene rings is 1. The molecule has 1 rings (SSSR count). The third-order valence-electron chi connectivity index (χ3n) is 1.61. The van der Waals surface area contributed by atoms with Crippen LogP contribution >= 0.6 is 0 Å². The number of aromatic carboxylic acids is 1. The van der Waals surface area contributed by atoms with Crippen molar-refractivity contribution in [2.45, 2.75) is 6.18 Å². The van der Waals surface area contributed by atoms with Gasteiger partial charge in [-0.2, -0.15) is 13.2 Å². The van der Waals surface area contributed by atoms with Crippen LogP contribution in [-0.2, 0) is 6.18 Å². The predicted octanol–water partition coefficient (Wildman–Crippen LogP) is 2.25. The molecule has 0 aliphatic carbocycles. The van der Waals surface area contributed by atoms with Gasteiger partial charge in [0.25, 0.3) is 0 Å². The molecule has 1 aromatic carbocycles. The number of phenols is 1. The molecule has 0 spiro atoms. The van der Waals surface area contributed by atoms with E-state index in [1.807, 2.05) is 0 Å². The van der Waals surface area contributed by atoms with Crippen LogP contribution in [0.3, 0.4) is 0 Å². The number of hydrogen-bond donors (Lipinski definition) is 2. The monoisotopic (exact) mass is 224 g/mol. The highest BCUT2D eigenvalue weighted by Gasteiger charge is 2.33. The second-order valence-corrected chi connectivity index (χ2v) is 2.66. The number of hydrogen-bond acceptors (Lipinski definition) is 2. The summed E-state index contributed by atoms with van der Waals surface area (Å²) in [6, 6.07) is 0.249. The molecule has 0 amide bonds. The lowest BCUT2D eigenvalue weighted by atomic mass is 10.1. The van der Waals surface area contributed by atoms with Crippen molar-refractivity contribution in [3.8, 4) is 5.75 Å². The van der Waals surface area contributed by atoms with Crippen molar-refractivity contribution in [2.75, 3.05) is 0 Å². The number of phenolic OH excluding ortho intramolecular Hbond substituents is 1. The zero-order valence-corrected chi connectivity index (χ0v) is 6.97. The zero-order valence-electron chi connectivity index (χ0n) is 6.97. The highest BCUT2D eigenvalue weighted by molar-refractivity contribution is 5.88. The van der Waals surface area contributed by atoms with Crippen molar-refractivity contribution < 1.29 is 32.6 Å². The largest absolute Gasteiger partial charge is 0.505 e. The fourth-order valence-electron chi connectivity index (χ4n) is 0.928. The number of carboxylic acid groups (broad SMARTS) is 1. The maximum absolute atomic E-state index is 12.8. The first-order valence-electron chi connectivity index (χ1n) is 3.56. The molecule has 0 bridgehead atoms. The lowest BCUT2D eigenvalue weighted by molar-refractivity contribution is -0.137. The van der Waals surface area contributed by atoms with Crippen LogP contribution in [0, 0.1) is 5.82 Å². The van der Waals surface area contributed by atoms with Crippen molar-refractivity contribution in [1.82, 2.24) is 0 Å². The van der Waals surface area contributed by atoms with Gasteiger partial charge in [0.1, 0.15) is 0 Å². The maximum Gasteiger partial charge on any atom is 0.416 e. The Morgan fingerprint density at radius 2 is 1.80 bits per heavy atom. The van der Waals surface area contributed by atoms with E-state index in [-0.39, 0.29) is 12.1 Å². The summed E-state index contributed by atoms with van der Waals surface area (Å²) in [5.74, 6) is -4.81. The number of halogens is 4. The summed E-state index contributed by atoms with van der Waals surface area (Å²) >= 11 is 0. The topological polar surface area (TPSA) is 57.5 Å². The summed E-state index contributed by atoms with van der Waals surface area (Å²) < 4.78 is 49.2. The van der Waals surface area contributed by atoms with Gasteiger partial charge in [0, 0.05) is 0 Å². The summed E-state index contributed by atoms with van der Waals surface area (Å²) in [6.07, 6.45) is -4.84. The summed E-state index contributed by atoms with van der Waals surface area (Å²) in [6.45, 7) is 0. The van der Waals surface area contributed by atoms with Crippen LogP contribution in [0.15, 0.2) is 12.1 Å². The third kappa shape index (κ3) is 2.17. The van der Waals surface area contributed by atoms with Crippen LogP contribution in [0.25, 0.3) is 0 Å². The number of alkyl halides is 3. The standard InChI is InChI=1S/C8H4F4O3/c9-6-4(7(14)15)1-3(2-5(6)13)8(10,11)12/h1-2,13H,(H,14,15). The summed E-state index contributed by atoms with van der Waals surface area (Å²) in [7, 11) is 0. The van der Waals surface area contributed by atoms with E-state index in [4.69, 9.17) is 10.2 Å². The number of carbonyl (C=O) groups is 1. The van der Waals surface area contributed by atoms with Gasteiger partial charge in [0.2, 0.25) is 0 Å². The molecule has 0 unspecified atom stereocenters. The van der Waals surface area contributed by atoms with E-state index < -0.39 is 34.8 Å². The van der Waals surface area contributed by atoms with Crippen molar-refractivity contribution in [2.24, 2.45) is 0 Å². The van der Waals surface area contributed by atoms with Crippen LogP contribution in [0.5, 0.6) is 5.75 Å². The van der Waals surface area contributed by atoms with E-state index >= 15 is 0 Å². The molecule has 0 atom stereocenters. The molecule has 0 radical (unpaired) electrons. The maximum atomic E-state index is 12.8. The molecule has 15 heavy (non-hydrogen) atoms. The van der Waals surface area contributed by atoms with E-state index in [9.17, 15) is 22.4 Å². The summed E-state index contributed by atoms with van der Waals surface area (Å²) in [4.78, 5) is 10.3. The fourth-order valence-corrected chi connectivity index (χ4v) is 0.928. The quantitative estimate of drug-likeness (QED) is 0.719. The van der Waals surface area contributed by atoms with Gasteiger partial charge in [-0.3, -0.25) is 0 Å². The molecule has 0 saturated carbocycles. The predicted molar refractivity (Wildman–Crippen MR) is 40.0 cm³/mol. The van der Waals surface area contributed by atoms with Crippen LogP contribution in [-0.4, -0.2) is 16.2 Å². The van der Waals surface area contributed by atoms with Crippen LogP contribution in [0.4, 0.5) is 17.6 Å². The molecule has 0 saturated heterocycles. The normalized spacial score (nSPS) is 11.5. The van der Waals surface area contributed by atoms with Gasteiger partial charge in [-0.1, -0.05) is 0 Å².